The molecule has 0 radical (unpaired) electrons. The minimum atomic E-state index is -1.35. The number of hydrogen-bond donors (Lipinski definition) is 3. The third kappa shape index (κ3) is 4.68. The Labute approximate surface area is 144 Å². The minimum Gasteiger partial charge on any atom is -0.550 e. The highest BCUT2D eigenvalue weighted by molar-refractivity contribution is 5.95. The molecule has 2 saturated heterocycles. The first-order valence-electron chi connectivity index (χ1n) is 8.19. The molecule has 4 N–H and O–H groups in total. The first-order valence-corrected chi connectivity index (χ1v) is 8.19. The fraction of sp³-hybridized carbons (Fsp3) is 0.667. The van der Waals surface area contributed by atoms with E-state index in [9.17, 15) is 29.1 Å². The molecule has 0 aromatic carbocycles. The standard InChI is InChI=1S/C15H22N4O6/c16-13(23)10-2-1-7-19(10)15(25)9(4-6-12(21)22)18-14(24)8-3-5-11(20)17-8/h8-10H,1-7H2,(H2,16,23)(H,17,20)(H,18,24)(H,21,22)/p-1/t8-,9-,10-/m0/s1. The number of primary amides is 1. The van der Waals surface area contributed by atoms with Gasteiger partial charge in [-0.1, -0.05) is 0 Å². The number of hydrogen-bond acceptors (Lipinski definition) is 6. The summed E-state index contributed by atoms with van der Waals surface area (Å²) in [7, 11) is 0. The van der Waals surface area contributed by atoms with Gasteiger partial charge in [0.2, 0.25) is 23.6 Å². The fourth-order valence-corrected chi connectivity index (χ4v) is 3.13. The van der Waals surface area contributed by atoms with Crippen molar-refractivity contribution in [1.29, 1.82) is 0 Å². The number of carbonyl (C=O) groups is 5. The van der Waals surface area contributed by atoms with Gasteiger partial charge in [0, 0.05) is 18.9 Å². The van der Waals surface area contributed by atoms with Crippen LogP contribution < -0.4 is 21.5 Å². The number of carbonyl (C=O) groups excluding carboxylic acids is 5. The van der Waals surface area contributed by atoms with Gasteiger partial charge in [0.05, 0.1) is 0 Å². The van der Waals surface area contributed by atoms with Gasteiger partial charge < -0.3 is 31.2 Å². The second-order valence-corrected chi connectivity index (χ2v) is 6.22. The van der Waals surface area contributed by atoms with Gasteiger partial charge in [-0.05, 0) is 32.1 Å². The maximum Gasteiger partial charge on any atom is 0.245 e. The van der Waals surface area contributed by atoms with Crippen LogP contribution in [0.3, 0.4) is 0 Å². The summed E-state index contributed by atoms with van der Waals surface area (Å²) in [6.45, 7) is 0.310. The van der Waals surface area contributed by atoms with E-state index in [0.29, 0.717) is 25.8 Å². The van der Waals surface area contributed by atoms with E-state index in [0.717, 1.165) is 0 Å². The molecule has 3 atom stereocenters. The number of likely N-dealkylation sites (tertiary alicyclic amines) is 1. The third-order valence-corrected chi connectivity index (χ3v) is 4.43. The van der Waals surface area contributed by atoms with Crippen LogP contribution in [0, 0.1) is 0 Å². The SMILES string of the molecule is NC(=O)[C@@H]1CCCN1C(=O)[C@H](CCC(=O)[O-])NC(=O)[C@@H]1CCC(=O)N1. The summed E-state index contributed by atoms with van der Waals surface area (Å²) < 4.78 is 0. The summed E-state index contributed by atoms with van der Waals surface area (Å²) in [4.78, 5) is 59.6. The highest BCUT2D eigenvalue weighted by atomic mass is 16.4. The Balaban J connectivity index is 2.07. The predicted octanol–water partition coefficient (Wildman–Crippen LogP) is -3.24. The lowest BCUT2D eigenvalue weighted by Gasteiger charge is -2.28. The molecule has 0 aromatic heterocycles. The van der Waals surface area contributed by atoms with Crippen molar-refractivity contribution in [3.05, 3.63) is 0 Å². The van der Waals surface area contributed by atoms with Crippen LogP contribution in [0.4, 0.5) is 0 Å². The first kappa shape index (κ1) is 18.7. The topological polar surface area (TPSA) is 162 Å². The van der Waals surface area contributed by atoms with Crippen LogP contribution in [-0.4, -0.2) is 59.2 Å². The highest BCUT2D eigenvalue weighted by Gasteiger charge is 2.37. The van der Waals surface area contributed by atoms with Crippen molar-refractivity contribution in [3.8, 4) is 0 Å². The molecule has 2 aliphatic heterocycles. The Morgan fingerprint density at radius 1 is 1.32 bits per heavy atom. The van der Waals surface area contributed by atoms with Crippen LogP contribution in [0.5, 0.6) is 0 Å². The summed E-state index contributed by atoms with van der Waals surface area (Å²) >= 11 is 0. The molecule has 0 bridgehead atoms. The zero-order valence-electron chi connectivity index (χ0n) is 13.7. The summed E-state index contributed by atoms with van der Waals surface area (Å²) in [5.41, 5.74) is 5.29. The Morgan fingerprint density at radius 3 is 2.60 bits per heavy atom. The van der Waals surface area contributed by atoms with Crippen LogP contribution in [-0.2, 0) is 24.0 Å². The molecule has 2 fully saturated rings. The Kier molecular flexibility index (Phi) is 5.94. The average Bonchev–Trinajstić information content (AvgIpc) is 3.19. The Morgan fingerprint density at radius 2 is 2.04 bits per heavy atom. The van der Waals surface area contributed by atoms with Gasteiger partial charge in [0.15, 0.2) is 0 Å². The van der Waals surface area contributed by atoms with Gasteiger partial charge in [-0.3, -0.25) is 19.2 Å². The van der Waals surface area contributed by atoms with Gasteiger partial charge in [-0.15, -0.1) is 0 Å². The summed E-state index contributed by atoms with van der Waals surface area (Å²) in [5.74, 6) is -3.36. The molecule has 4 amide bonds. The quantitative estimate of drug-likeness (QED) is 0.435. The summed E-state index contributed by atoms with van der Waals surface area (Å²) in [6.07, 6.45) is 0.948. The number of nitrogens with one attached hydrogen (secondary N) is 2. The fourth-order valence-electron chi connectivity index (χ4n) is 3.13. The normalized spacial score (nSPS) is 23.8. The molecule has 2 rings (SSSR count). The first-order chi connectivity index (χ1) is 11.8. The molecule has 138 valence electrons. The molecule has 10 nitrogen and oxygen atoms in total. The van der Waals surface area contributed by atoms with Gasteiger partial charge >= 0.3 is 0 Å². The van der Waals surface area contributed by atoms with E-state index in [2.05, 4.69) is 10.6 Å². The molecule has 0 aliphatic carbocycles. The summed E-state index contributed by atoms with van der Waals surface area (Å²) in [6, 6.07) is -2.64. The molecular formula is C15H21N4O6-. The van der Waals surface area contributed by atoms with Crippen LogP contribution in [0.15, 0.2) is 0 Å². The lowest BCUT2D eigenvalue weighted by molar-refractivity contribution is -0.305. The lowest BCUT2D eigenvalue weighted by Crippen LogP contribution is -2.55. The van der Waals surface area contributed by atoms with E-state index >= 15 is 0 Å². The zero-order valence-corrected chi connectivity index (χ0v) is 13.7. The van der Waals surface area contributed by atoms with E-state index in [1.54, 1.807) is 0 Å². The van der Waals surface area contributed by atoms with Crippen molar-refractivity contribution in [2.45, 2.75) is 56.7 Å². The van der Waals surface area contributed by atoms with Crippen molar-refractivity contribution in [3.63, 3.8) is 0 Å². The second kappa shape index (κ2) is 7.95. The highest BCUT2D eigenvalue weighted by Crippen LogP contribution is 2.19. The Hall–Kier alpha value is -2.65. The van der Waals surface area contributed by atoms with Crippen LogP contribution in [0.25, 0.3) is 0 Å². The Bertz CT molecular complexity index is 593. The third-order valence-electron chi connectivity index (χ3n) is 4.43. The monoisotopic (exact) mass is 353 g/mol. The number of carboxylic acids is 1. The van der Waals surface area contributed by atoms with Crippen molar-refractivity contribution < 1.29 is 29.1 Å². The molecule has 0 aromatic rings. The molecule has 10 heteroatoms. The van der Waals surface area contributed by atoms with Gasteiger partial charge in [0.25, 0.3) is 0 Å². The van der Waals surface area contributed by atoms with E-state index < -0.39 is 48.2 Å². The number of nitrogens with two attached hydrogens (primary N) is 1. The van der Waals surface area contributed by atoms with Crippen LogP contribution in [0.2, 0.25) is 0 Å². The molecule has 0 spiro atoms. The number of rotatable bonds is 7. The van der Waals surface area contributed by atoms with Crippen LogP contribution >= 0.6 is 0 Å². The van der Waals surface area contributed by atoms with E-state index in [-0.39, 0.29) is 18.7 Å². The van der Waals surface area contributed by atoms with E-state index in [4.69, 9.17) is 5.73 Å². The maximum absolute atomic E-state index is 12.7. The minimum absolute atomic E-state index is 0.171. The molecular weight excluding hydrogens is 332 g/mol. The molecule has 2 aliphatic rings. The van der Waals surface area contributed by atoms with Crippen LogP contribution in [0.1, 0.15) is 38.5 Å². The average molecular weight is 353 g/mol. The number of carboxylic acid groups (broad SMARTS) is 1. The molecule has 2 heterocycles. The largest absolute Gasteiger partial charge is 0.550 e. The second-order valence-electron chi connectivity index (χ2n) is 6.22. The number of amides is 4. The van der Waals surface area contributed by atoms with Crippen molar-refractivity contribution >= 4 is 29.6 Å². The smallest absolute Gasteiger partial charge is 0.245 e. The van der Waals surface area contributed by atoms with Gasteiger partial charge in [-0.2, -0.15) is 0 Å². The predicted molar refractivity (Wildman–Crippen MR) is 81.3 cm³/mol. The van der Waals surface area contributed by atoms with Gasteiger partial charge in [-0.25, -0.2) is 0 Å². The van der Waals surface area contributed by atoms with Crippen molar-refractivity contribution in [2.75, 3.05) is 6.54 Å². The number of nitrogens with zero attached hydrogens (tertiary/aromatic N) is 1. The van der Waals surface area contributed by atoms with Gasteiger partial charge in [0.1, 0.15) is 18.1 Å². The van der Waals surface area contributed by atoms with E-state index in [1.165, 1.54) is 4.90 Å². The molecule has 0 saturated carbocycles. The number of aliphatic carboxylic acids is 1. The lowest BCUT2D eigenvalue weighted by atomic mass is 10.1. The van der Waals surface area contributed by atoms with Crippen molar-refractivity contribution in [2.24, 2.45) is 5.73 Å². The van der Waals surface area contributed by atoms with Crippen molar-refractivity contribution in [1.82, 2.24) is 15.5 Å². The summed E-state index contributed by atoms with van der Waals surface area (Å²) in [5, 5.41) is 15.7. The maximum atomic E-state index is 12.7. The molecule has 0 unspecified atom stereocenters. The van der Waals surface area contributed by atoms with E-state index in [1.807, 2.05) is 0 Å². The zero-order chi connectivity index (χ0) is 18.6. The molecule has 25 heavy (non-hydrogen) atoms.